The number of thioether (sulfide) groups is 1. The zero-order valence-electron chi connectivity index (χ0n) is 12.9. The maximum atomic E-state index is 5.30. The van der Waals surface area contributed by atoms with E-state index in [-0.39, 0.29) is 0 Å². The molecule has 0 aliphatic carbocycles. The molecule has 2 rings (SSSR count). The van der Waals surface area contributed by atoms with Gasteiger partial charge in [0, 0.05) is 17.4 Å². The van der Waals surface area contributed by atoms with Gasteiger partial charge in [0.25, 0.3) is 0 Å². The zero-order valence-corrected chi connectivity index (χ0v) is 13.7. The Bertz CT molecular complexity index is 539. The van der Waals surface area contributed by atoms with Crippen LogP contribution in [0.4, 0.5) is 0 Å². The highest BCUT2D eigenvalue weighted by atomic mass is 32.2. The molecule has 1 atom stereocenters. The molecule has 4 nitrogen and oxygen atoms in total. The second-order valence-electron chi connectivity index (χ2n) is 5.20. The predicted molar refractivity (Wildman–Crippen MR) is 86.5 cm³/mol. The van der Waals surface area contributed by atoms with Crippen LogP contribution in [0.1, 0.15) is 37.5 Å². The molecule has 2 aromatic rings. The molecule has 0 aliphatic rings. The van der Waals surface area contributed by atoms with Crippen LogP contribution in [0.2, 0.25) is 0 Å². The Hall–Kier alpha value is -1.33. The molecule has 0 radical (unpaired) electrons. The van der Waals surface area contributed by atoms with Gasteiger partial charge in [-0.05, 0) is 38.9 Å². The molecular formula is C16H23N3OS. The fraction of sp³-hybridized carbons (Fsp3) is 0.500. The highest BCUT2D eigenvalue weighted by molar-refractivity contribution is 7.98. The van der Waals surface area contributed by atoms with Crippen molar-refractivity contribution < 1.29 is 4.52 Å². The summed E-state index contributed by atoms with van der Waals surface area (Å²) in [6, 6.07) is 8.96. The molecule has 0 fully saturated rings. The molecule has 0 bridgehead atoms. The van der Waals surface area contributed by atoms with Gasteiger partial charge in [-0.2, -0.15) is 4.98 Å². The van der Waals surface area contributed by atoms with Crippen molar-refractivity contribution in [2.24, 2.45) is 0 Å². The second-order valence-corrected chi connectivity index (χ2v) is 6.25. The first kappa shape index (κ1) is 16.0. The molecule has 21 heavy (non-hydrogen) atoms. The van der Waals surface area contributed by atoms with Crippen molar-refractivity contribution in [3.8, 4) is 0 Å². The summed E-state index contributed by atoms with van der Waals surface area (Å²) in [4.78, 5) is 5.68. The van der Waals surface area contributed by atoms with Gasteiger partial charge >= 0.3 is 0 Å². The maximum Gasteiger partial charge on any atom is 0.226 e. The number of rotatable bonds is 8. The van der Waals surface area contributed by atoms with Gasteiger partial charge in [0.2, 0.25) is 5.89 Å². The van der Waals surface area contributed by atoms with Gasteiger partial charge in [0.15, 0.2) is 5.82 Å². The van der Waals surface area contributed by atoms with Crippen LogP contribution in [-0.4, -0.2) is 22.7 Å². The van der Waals surface area contributed by atoms with E-state index in [1.807, 2.05) is 0 Å². The van der Waals surface area contributed by atoms with Gasteiger partial charge < -0.3 is 9.84 Å². The van der Waals surface area contributed by atoms with E-state index < -0.39 is 0 Å². The highest BCUT2D eigenvalue weighted by Gasteiger charge is 2.08. The lowest BCUT2D eigenvalue weighted by molar-refractivity contribution is 0.364. The number of hydrogen-bond acceptors (Lipinski definition) is 5. The average molecular weight is 305 g/mol. The number of benzene rings is 1. The topological polar surface area (TPSA) is 51.0 Å². The SMILES string of the molecule is CCNC(C)CCc1nc(CSc2ccc(C)cc2)no1. The summed E-state index contributed by atoms with van der Waals surface area (Å²) < 4.78 is 5.30. The number of nitrogens with one attached hydrogen (secondary N) is 1. The Balaban J connectivity index is 1.78. The monoisotopic (exact) mass is 305 g/mol. The third-order valence-corrected chi connectivity index (χ3v) is 4.25. The van der Waals surface area contributed by atoms with Gasteiger partial charge in [-0.3, -0.25) is 0 Å². The molecule has 1 N–H and O–H groups in total. The van der Waals surface area contributed by atoms with Gasteiger partial charge in [-0.15, -0.1) is 11.8 Å². The van der Waals surface area contributed by atoms with Crippen molar-refractivity contribution in [2.75, 3.05) is 6.54 Å². The van der Waals surface area contributed by atoms with Crippen LogP contribution in [0.5, 0.6) is 0 Å². The number of nitrogens with zero attached hydrogens (tertiary/aromatic N) is 2. The molecule has 1 aromatic heterocycles. The van der Waals surface area contributed by atoms with Crippen LogP contribution < -0.4 is 5.32 Å². The standard InChI is InChI=1S/C16H23N3OS/c1-4-17-13(3)7-10-16-18-15(19-20-16)11-21-14-8-5-12(2)6-9-14/h5-6,8-9,13,17H,4,7,10-11H2,1-3H3. The fourth-order valence-electron chi connectivity index (χ4n) is 2.02. The number of aromatic nitrogens is 2. The molecule has 114 valence electrons. The first-order chi connectivity index (χ1) is 10.2. The Morgan fingerprint density at radius 2 is 2.05 bits per heavy atom. The van der Waals surface area contributed by atoms with Crippen molar-refractivity contribution in [1.29, 1.82) is 0 Å². The largest absolute Gasteiger partial charge is 0.339 e. The van der Waals surface area contributed by atoms with E-state index >= 15 is 0 Å². The van der Waals surface area contributed by atoms with E-state index in [1.54, 1.807) is 11.8 Å². The first-order valence-corrected chi connectivity index (χ1v) is 8.40. The molecular weight excluding hydrogens is 282 g/mol. The van der Waals surface area contributed by atoms with Crippen LogP contribution in [0.25, 0.3) is 0 Å². The van der Waals surface area contributed by atoms with E-state index in [2.05, 4.69) is 60.5 Å². The van der Waals surface area contributed by atoms with Crippen LogP contribution in [-0.2, 0) is 12.2 Å². The molecule has 1 aromatic carbocycles. The van der Waals surface area contributed by atoms with Crippen molar-refractivity contribution in [2.45, 2.75) is 50.3 Å². The maximum absolute atomic E-state index is 5.30. The van der Waals surface area contributed by atoms with Crippen molar-refractivity contribution >= 4 is 11.8 Å². The molecule has 0 aliphatic heterocycles. The summed E-state index contributed by atoms with van der Waals surface area (Å²) in [5.41, 5.74) is 1.27. The summed E-state index contributed by atoms with van der Waals surface area (Å²) >= 11 is 1.73. The van der Waals surface area contributed by atoms with E-state index in [0.717, 1.165) is 36.9 Å². The molecule has 0 saturated carbocycles. The lowest BCUT2D eigenvalue weighted by Gasteiger charge is -2.09. The van der Waals surface area contributed by atoms with Crippen LogP contribution >= 0.6 is 11.8 Å². The molecule has 0 saturated heterocycles. The van der Waals surface area contributed by atoms with Gasteiger partial charge in [-0.1, -0.05) is 29.8 Å². The molecule has 5 heteroatoms. The van der Waals surface area contributed by atoms with E-state index in [0.29, 0.717) is 6.04 Å². The van der Waals surface area contributed by atoms with Gasteiger partial charge in [0.1, 0.15) is 0 Å². The molecule has 0 spiro atoms. The minimum atomic E-state index is 0.479. The van der Waals surface area contributed by atoms with Crippen LogP contribution in [0.15, 0.2) is 33.7 Å². The molecule has 0 amide bonds. The van der Waals surface area contributed by atoms with Gasteiger partial charge in [-0.25, -0.2) is 0 Å². The van der Waals surface area contributed by atoms with Crippen molar-refractivity contribution in [3.05, 3.63) is 41.5 Å². The Kier molecular flexibility index (Phi) is 6.26. The number of aryl methyl sites for hydroxylation is 2. The third-order valence-electron chi connectivity index (χ3n) is 3.24. The summed E-state index contributed by atoms with van der Waals surface area (Å²) in [7, 11) is 0. The Morgan fingerprint density at radius 1 is 1.29 bits per heavy atom. The lowest BCUT2D eigenvalue weighted by Crippen LogP contribution is -2.25. The fourth-order valence-corrected chi connectivity index (χ4v) is 2.76. The quantitative estimate of drug-likeness (QED) is 0.755. The zero-order chi connectivity index (χ0) is 15.1. The summed E-state index contributed by atoms with van der Waals surface area (Å²) in [6.07, 6.45) is 1.84. The normalized spacial score (nSPS) is 12.5. The van der Waals surface area contributed by atoms with E-state index in [9.17, 15) is 0 Å². The summed E-state index contributed by atoms with van der Waals surface area (Å²) in [5, 5.41) is 7.43. The predicted octanol–water partition coefficient (Wildman–Crippen LogP) is 3.60. The smallest absolute Gasteiger partial charge is 0.226 e. The van der Waals surface area contributed by atoms with Crippen molar-refractivity contribution in [3.63, 3.8) is 0 Å². The summed E-state index contributed by atoms with van der Waals surface area (Å²) in [5.74, 6) is 2.25. The van der Waals surface area contributed by atoms with E-state index in [1.165, 1.54) is 10.5 Å². The molecule has 1 heterocycles. The first-order valence-electron chi connectivity index (χ1n) is 7.41. The minimum Gasteiger partial charge on any atom is -0.339 e. The summed E-state index contributed by atoms with van der Waals surface area (Å²) in [6.45, 7) is 7.37. The van der Waals surface area contributed by atoms with Crippen molar-refractivity contribution in [1.82, 2.24) is 15.5 Å². The molecule has 1 unspecified atom stereocenters. The van der Waals surface area contributed by atoms with Gasteiger partial charge in [0.05, 0.1) is 5.75 Å². The second kappa shape index (κ2) is 8.20. The third kappa shape index (κ3) is 5.52. The Morgan fingerprint density at radius 3 is 2.76 bits per heavy atom. The van der Waals surface area contributed by atoms with E-state index in [4.69, 9.17) is 4.52 Å². The number of hydrogen-bond donors (Lipinski definition) is 1. The lowest BCUT2D eigenvalue weighted by atomic mass is 10.2. The van der Waals surface area contributed by atoms with Crippen LogP contribution in [0, 0.1) is 6.92 Å². The average Bonchev–Trinajstić information content (AvgIpc) is 2.93. The Labute approximate surface area is 130 Å². The van der Waals surface area contributed by atoms with Crippen LogP contribution in [0.3, 0.4) is 0 Å². The minimum absolute atomic E-state index is 0.479. The highest BCUT2D eigenvalue weighted by Crippen LogP contribution is 2.21.